The number of benzene rings is 1. The zero-order valence-electron chi connectivity index (χ0n) is 8.69. The molecule has 0 spiro atoms. The summed E-state index contributed by atoms with van der Waals surface area (Å²) in [5.41, 5.74) is 0.882. The van der Waals surface area contributed by atoms with E-state index in [1.807, 2.05) is 36.0 Å². The van der Waals surface area contributed by atoms with E-state index in [9.17, 15) is 0 Å². The highest BCUT2D eigenvalue weighted by molar-refractivity contribution is 7.99. The van der Waals surface area contributed by atoms with Gasteiger partial charge in [0.2, 0.25) is 0 Å². The first-order chi connectivity index (χ1) is 7.40. The topological polar surface area (TPSA) is 29.5 Å². The Labute approximate surface area is 94.6 Å². The maximum absolute atomic E-state index is 9.16. The summed E-state index contributed by atoms with van der Waals surface area (Å²) in [6.07, 6.45) is 2.68. The number of hydrogen-bond donors (Lipinski definition) is 1. The van der Waals surface area contributed by atoms with Crippen LogP contribution in [-0.4, -0.2) is 22.7 Å². The Bertz CT molecular complexity index is 308. The van der Waals surface area contributed by atoms with E-state index in [1.54, 1.807) is 0 Å². The van der Waals surface area contributed by atoms with Crippen LogP contribution in [0.25, 0.3) is 0 Å². The van der Waals surface area contributed by atoms with E-state index in [-0.39, 0.29) is 6.61 Å². The van der Waals surface area contributed by atoms with Crippen molar-refractivity contribution in [2.75, 3.05) is 11.5 Å². The molecule has 1 aliphatic rings. The second kappa shape index (κ2) is 5.42. The molecule has 1 saturated heterocycles. The Hall–Kier alpha value is -0.670. The highest BCUT2D eigenvalue weighted by Gasteiger charge is 2.16. The van der Waals surface area contributed by atoms with Crippen molar-refractivity contribution in [3.8, 4) is 5.75 Å². The predicted octanol–water partition coefficient (Wildman–Crippen LogP) is 2.45. The van der Waals surface area contributed by atoms with Gasteiger partial charge in [0.15, 0.2) is 0 Å². The van der Waals surface area contributed by atoms with E-state index in [1.165, 1.54) is 12.2 Å². The van der Waals surface area contributed by atoms with Gasteiger partial charge < -0.3 is 9.84 Å². The van der Waals surface area contributed by atoms with Gasteiger partial charge >= 0.3 is 0 Å². The molecule has 2 rings (SSSR count). The molecule has 1 fully saturated rings. The average Bonchev–Trinajstić information content (AvgIpc) is 2.31. The molecule has 0 amide bonds. The molecular weight excluding hydrogens is 208 g/mol. The molecule has 0 radical (unpaired) electrons. The monoisotopic (exact) mass is 224 g/mol. The van der Waals surface area contributed by atoms with Crippen LogP contribution in [0.2, 0.25) is 0 Å². The van der Waals surface area contributed by atoms with Crippen LogP contribution in [0.5, 0.6) is 5.75 Å². The van der Waals surface area contributed by atoms with Crippen LogP contribution in [-0.2, 0) is 6.61 Å². The summed E-state index contributed by atoms with van der Waals surface area (Å²) >= 11 is 1.95. The Morgan fingerprint density at radius 3 is 3.00 bits per heavy atom. The summed E-state index contributed by atoms with van der Waals surface area (Å²) in [7, 11) is 0. The maximum atomic E-state index is 9.16. The summed E-state index contributed by atoms with van der Waals surface area (Å²) in [5.74, 6) is 3.16. The van der Waals surface area contributed by atoms with Gasteiger partial charge in [-0.1, -0.05) is 18.2 Å². The third-order valence-electron chi connectivity index (χ3n) is 2.56. The molecule has 0 aliphatic carbocycles. The first-order valence-electron chi connectivity index (χ1n) is 5.33. The first-order valence-corrected chi connectivity index (χ1v) is 6.49. The normalized spacial score (nSPS) is 21.3. The number of ether oxygens (including phenoxy) is 1. The van der Waals surface area contributed by atoms with Crippen LogP contribution < -0.4 is 4.74 Å². The number of aliphatic hydroxyl groups excluding tert-OH is 1. The molecule has 1 N–H and O–H groups in total. The van der Waals surface area contributed by atoms with Gasteiger partial charge in [-0.25, -0.2) is 0 Å². The van der Waals surface area contributed by atoms with Gasteiger partial charge in [-0.3, -0.25) is 0 Å². The lowest BCUT2D eigenvalue weighted by atomic mass is 10.2. The molecule has 2 nitrogen and oxygen atoms in total. The van der Waals surface area contributed by atoms with E-state index < -0.39 is 0 Å². The zero-order chi connectivity index (χ0) is 10.5. The van der Waals surface area contributed by atoms with Crippen LogP contribution in [0, 0.1) is 0 Å². The number of thioether (sulfide) groups is 1. The average molecular weight is 224 g/mol. The van der Waals surface area contributed by atoms with Gasteiger partial charge in [0.25, 0.3) is 0 Å². The number of hydrogen-bond acceptors (Lipinski definition) is 3. The van der Waals surface area contributed by atoms with Gasteiger partial charge in [0, 0.05) is 11.3 Å². The van der Waals surface area contributed by atoms with Crippen LogP contribution in [0.1, 0.15) is 18.4 Å². The van der Waals surface area contributed by atoms with E-state index in [2.05, 4.69) is 0 Å². The van der Waals surface area contributed by atoms with Crippen molar-refractivity contribution in [2.24, 2.45) is 0 Å². The molecule has 1 aromatic rings. The van der Waals surface area contributed by atoms with Crippen molar-refractivity contribution in [1.82, 2.24) is 0 Å². The van der Waals surface area contributed by atoms with Gasteiger partial charge in [-0.05, 0) is 24.7 Å². The minimum absolute atomic E-state index is 0.0516. The summed E-state index contributed by atoms with van der Waals surface area (Å²) in [6, 6.07) is 7.72. The minimum atomic E-state index is 0.0516. The highest BCUT2D eigenvalue weighted by Crippen LogP contribution is 2.25. The number of rotatable bonds is 3. The van der Waals surface area contributed by atoms with Crippen molar-refractivity contribution in [1.29, 1.82) is 0 Å². The summed E-state index contributed by atoms with van der Waals surface area (Å²) in [6.45, 7) is 0.0516. The standard InChI is InChI=1S/C12H16O2S/c13-8-10-4-1-2-6-12(10)14-11-5-3-7-15-9-11/h1-2,4,6,11,13H,3,5,7-9H2. The van der Waals surface area contributed by atoms with Gasteiger partial charge in [0.05, 0.1) is 6.61 Å². The molecule has 1 heterocycles. The smallest absolute Gasteiger partial charge is 0.125 e. The minimum Gasteiger partial charge on any atom is -0.489 e. The molecule has 1 atom stereocenters. The van der Waals surface area contributed by atoms with Crippen LogP contribution >= 0.6 is 11.8 Å². The van der Waals surface area contributed by atoms with Crippen molar-refractivity contribution < 1.29 is 9.84 Å². The van der Waals surface area contributed by atoms with E-state index in [0.717, 1.165) is 23.5 Å². The lowest BCUT2D eigenvalue weighted by molar-refractivity contribution is 0.201. The molecule has 82 valence electrons. The summed E-state index contributed by atoms with van der Waals surface area (Å²) < 4.78 is 5.90. The molecule has 0 bridgehead atoms. The molecule has 1 unspecified atom stereocenters. The quantitative estimate of drug-likeness (QED) is 0.855. The molecule has 0 aromatic heterocycles. The molecular formula is C12H16O2S. The summed E-state index contributed by atoms with van der Waals surface area (Å²) in [5, 5.41) is 9.16. The molecule has 1 aliphatic heterocycles. The molecule has 1 aromatic carbocycles. The van der Waals surface area contributed by atoms with Crippen LogP contribution in [0.3, 0.4) is 0 Å². The Balaban J connectivity index is 2.02. The van der Waals surface area contributed by atoms with Crippen molar-refractivity contribution in [3.63, 3.8) is 0 Å². The zero-order valence-corrected chi connectivity index (χ0v) is 9.50. The highest BCUT2D eigenvalue weighted by atomic mass is 32.2. The number of para-hydroxylation sites is 1. The first kappa shape index (κ1) is 10.8. The SMILES string of the molecule is OCc1ccccc1OC1CCCSC1. The largest absolute Gasteiger partial charge is 0.489 e. The summed E-state index contributed by atoms with van der Waals surface area (Å²) in [4.78, 5) is 0. The third kappa shape index (κ3) is 2.89. The Kier molecular flexibility index (Phi) is 3.92. The lowest BCUT2D eigenvalue weighted by Crippen LogP contribution is -2.23. The van der Waals surface area contributed by atoms with E-state index in [4.69, 9.17) is 9.84 Å². The van der Waals surface area contributed by atoms with Crippen molar-refractivity contribution in [3.05, 3.63) is 29.8 Å². The fourth-order valence-electron chi connectivity index (χ4n) is 1.73. The Morgan fingerprint density at radius 1 is 1.40 bits per heavy atom. The fourth-order valence-corrected chi connectivity index (χ4v) is 2.77. The maximum Gasteiger partial charge on any atom is 0.125 e. The fraction of sp³-hybridized carbons (Fsp3) is 0.500. The number of aliphatic hydroxyl groups is 1. The molecule has 0 saturated carbocycles. The predicted molar refractivity (Wildman–Crippen MR) is 63.3 cm³/mol. The van der Waals surface area contributed by atoms with Gasteiger partial charge in [-0.15, -0.1) is 0 Å². The van der Waals surface area contributed by atoms with Crippen molar-refractivity contribution >= 4 is 11.8 Å². The second-order valence-electron chi connectivity index (χ2n) is 3.72. The van der Waals surface area contributed by atoms with Gasteiger partial charge in [-0.2, -0.15) is 11.8 Å². The van der Waals surface area contributed by atoms with Crippen LogP contribution in [0.4, 0.5) is 0 Å². The lowest BCUT2D eigenvalue weighted by Gasteiger charge is -2.23. The van der Waals surface area contributed by atoms with Crippen molar-refractivity contribution in [2.45, 2.75) is 25.6 Å². The third-order valence-corrected chi connectivity index (χ3v) is 3.74. The van der Waals surface area contributed by atoms with E-state index >= 15 is 0 Å². The Morgan fingerprint density at radius 2 is 2.27 bits per heavy atom. The molecule has 3 heteroatoms. The van der Waals surface area contributed by atoms with Gasteiger partial charge in [0.1, 0.15) is 11.9 Å². The second-order valence-corrected chi connectivity index (χ2v) is 4.87. The molecule has 15 heavy (non-hydrogen) atoms. The van der Waals surface area contributed by atoms with Crippen LogP contribution in [0.15, 0.2) is 24.3 Å². The van der Waals surface area contributed by atoms with E-state index in [0.29, 0.717) is 6.10 Å².